The highest BCUT2D eigenvalue weighted by Crippen LogP contribution is 2.10. The number of aliphatic hydroxyl groups is 1. The van der Waals surface area contributed by atoms with E-state index < -0.39 is 10.0 Å². The molecule has 2 N–H and O–H groups in total. The third-order valence-electron chi connectivity index (χ3n) is 2.65. The zero-order chi connectivity index (χ0) is 13.8. The number of hydrogen-bond donors (Lipinski definition) is 2. The molecule has 0 fully saturated rings. The van der Waals surface area contributed by atoms with Gasteiger partial charge in [0.25, 0.3) is 0 Å². The van der Waals surface area contributed by atoms with Gasteiger partial charge in [-0.3, -0.25) is 0 Å². The van der Waals surface area contributed by atoms with Crippen LogP contribution in [0.2, 0.25) is 5.15 Å². The molecule has 1 rings (SSSR count). The summed E-state index contributed by atoms with van der Waals surface area (Å²) in [6.45, 7) is 3.43. The number of hydrogen-bond acceptors (Lipinski definition) is 4. The lowest BCUT2D eigenvalue weighted by molar-refractivity contribution is 0.216. The molecule has 0 aliphatic heterocycles. The molecule has 1 aromatic rings. The van der Waals surface area contributed by atoms with Gasteiger partial charge in [0.2, 0.25) is 10.0 Å². The van der Waals surface area contributed by atoms with E-state index in [0.717, 1.165) is 0 Å². The minimum absolute atomic E-state index is 0.0633. The quantitative estimate of drug-likeness (QED) is 0.772. The smallest absolute Gasteiger partial charge is 0.216 e. The van der Waals surface area contributed by atoms with Crippen molar-refractivity contribution in [3.05, 3.63) is 29.0 Å². The predicted octanol–water partition coefficient (Wildman–Crippen LogP) is 1.17. The monoisotopic (exact) mass is 292 g/mol. The van der Waals surface area contributed by atoms with Crippen LogP contribution in [0.5, 0.6) is 0 Å². The number of sulfonamides is 1. The minimum atomic E-state index is -3.45. The first-order valence-electron chi connectivity index (χ1n) is 5.55. The van der Waals surface area contributed by atoms with E-state index in [1.54, 1.807) is 26.0 Å². The summed E-state index contributed by atoms with van der Waals surface area (Å²) in [4.78, 5) is 3.83. The van der Waals surface area contributed by atoms with Gasteiger partial charge in [-0.1, -0.05) is 24.6 Å². The van der Waals surface area contributed by atoms with E-state index in [-0.39, 0.29) is 24.3 Å². The van der Waals surface area contributed by atoms with Crippen molar-refractivity contribution in [3.8, 4) is 0 Å². The summed E-state index contributed by atoms with van der Waals surface area (Å²) in [6.07, 6.45) is 1.43. The zero-order valence-corrected chi connectivity index (χ0v) is 11.9. The van der Waals surface area contributed by atoms with E-state index in [0.29, 0.717) is 10.7 Å². The summed E-state index contributed by atoms with van der Waals surface area (Å²) in [5, 5.41) is 9.29. The molecule has 0 aromatic carbocycles. The van der Waals surface area contributed by atoms with Crippen LogP contribution < -0.4 is 4.72 Å². The highest BCUT2D eigenvalue weighted by molar-refractivity contribution is 7.88. The molecular formula is C11H17ClN2O3S. The Balaban J connectivity index is 2.68. The second kappa shape index (κ2) is 6.47. The van der Waals surface area contributed by atoms with Crippen molar-refractivity contribution >= 4 is 21.6 Å². The van der Waals surface area contributed by atoms with Crippen LogP contribution in [-0.2, 0) is 15.8 Å². The topological polar surface area (TPSA) is 79.3 Å². The summed E-state index contributed by atoms with van der Waals surface area (Å²) >= 11 is 5.62. The van der Waals surface area contributed by atoms with Gasteiger partial charge in [-0.25, -0.2) is 18.1 Å². The average molecular weight is 293 g/mol. The van der Waals surface area contributed by atoms with Crippen molar-refractivity contribution in [2.24, 2.45) is 5.92 Å². The molecule has 18 heavy (non-hydrogen) atoms. The SMILES string of the molecule is CC(CO)C(C)NS(=O)(=O)Cc1ccc(Cl)nc1. The van der Waals surface area contributed by atoms with Gasteiger partial charge < -0.3 is 5.11 Å². The number of rotatable bonds is 6. The molecule has 0 saturated heterocycles. The van der Waals surface area contributed by atoms with E-state index in [1.165, 1.54) is 6.20 Å². The van der Waals surface area contributed by atoms with E-state index in [2.05, 4.69) is 9.71 Å². The Kier molecular flexibility index (Phi) is 5.52. The van der Waals surface area contributed by atoms with E-state index in [9.17, 15) is 8.42 Å². The van der Waals surface area contributed by atoms with Gasteiger partial charge in [-0.2, -0.15) is 0 Å². The Morgan fingerprint density at radius 1 is 1.44 bits per heavy atom. The van der Waals surface area contributed by atoms with Crippen LogP contribution in [0.15, 0.2) is 18.3 Å². The number of aliphatic hydroxyl groups excluding tert-OH is 1. The standard InChI is InChI=1S/C11H17ClN2O3S/c1-8(6-15)9(2)14-18(16,17)7-10-3-4-11(12)13-5-10/h3-5,8-9,14-15H,6-7H2,1-2H3. The number of halogens is 1. The third-order valence-corrected chi connectivity index (χ3v) is 4.32. The molecule has 0 radical (unpaired) electrons. The maximum absolute atomic E-state index is 11.9. The first-order valence-corrected chi connectivity index (χ1v) is 7.58. The van der Waals surface area contributed by atoms with Crippen LogP contribution in [0.1, 0.15) is 19.4 Å². The summed E-state index contributed by atoms with van der Waals surface area (Å²) in [6, 6.07) is 2.85. The van der Waals surface area contributed by atoms with Crippen LogP contribution in [0.25, 0.3) is 0 Å². The fourth-order valence-corrected chi connectivity index (χ4v) is 2.91. The molecule has 1 heterocycles. The molecule has 0 bridgehead atoms. The predicted molar refractivity (Wildman–Crippen MR) is 70.7 cm³/mol. The molecule has 0 saturated carbocycles. The molecule has 0 amide bonds. The summed E-state index contributed by atoms with van der Waals surface area (Å²) in [7, 11) is -3.45. The lowest BCUT2D eigenvalue weighted by atomic mass is 10.1. The van der Waals surface area contributed by atoms with Crippen LogP contribution >= 0.6 is 11.6 Å². The lowest BCUT2D eigenvalue weighted by Crippen LogP contribution is -2.38. The summed E-state index contributed by atoms with van der Waals surface area (Å²) < 4.78 is 26.2. The maximum Gasteiger partial charge on any atom is 0.216 e. The second-order valence-electron chi connectivity index (χ2n) is 4.31. The Morgan fingerprint density at radius 3 is 2.61 bits per heavy atom. The summed E-state index contributed by atoms with van der Waals surface area (Å²) in [5.74, 6) is -0.289. The first-order chi connectivity index (χ1) is 8.34. The normalized spacial score (nSPS) is 15.3. The molecule has 2 unspecified atom stereocenters. The average Bonchev–Trinajstić information content (AvgIpc) is 2.30. The number of aromatic nitrogens is 1. The van der Waals surface area contributed by atoms with Gasteiger partial charge in [-0.15, -0.1) is 0 Å². The molecule has 0 spiro atoms. The molecule has 102 valence electrons. The minimum Gasteiger partial charge on any atom is -0.396 e. The molecule has 1 aromatic heterocycles. The fraction of sp³-hybridized carbons (Fsp3) is 0.545. The van der Waals surface area contributed by atoms with Crippen LogP contribution in [0.3, 0.4) is 0 Å². The Bertz CT molecular complexity index is 476. The van der Waals surface area contributed by atoms with Gasteiger partial charge in [0.15, 0.2) is 0 Å². The largest absolute Gasteiger partial charge is 0.396 e. The van der Waals surface area contributed by atoms with Crippen LogP contribution in [-0.4, -0.2) is 31.2 Å². The first kappa shape index (κ1) is 15.4. The van der Waals surface area contributed by atoms with Gasteiger partial charge in [0, 0.05) is 18.8 Å². The molecular weight excluding hydrogens is 276 g/mol. The molecule has 5 nitrogen and oxygen atoms in total. The van der Waals surface area contributed by atoms with Crippen molar-refractivity contribution in [3.63, 3.8) is 0 Å². The fourth-order valence-electron chi connectivity index (χ4n) is 1.31. The van der Waals surface area contributed by atoms with Crippen molar-refractivity contribution in [2.75, 3.05) is 6.61 Å². The van der Waals surface area contributed by atoms with Crippen molar-refractivity contribution in [1.29, 1.82) is 0 Å². The molecule has 0 aliphatic carbocycles. The van der Waals surface area contributed by atoms with E-state index in [4.69, 9.17) is 16.7 Å². The zero-order valence-electron chi connectivity index (χ0n) is 10.3. The number of nitrogens with one attached hydrogen (secondary N) is 1. The molecule has 7 heteroatoms. The Morgan fingerprint density at radius 2 is 2.11 bits per heavy atom. The van der Waals surface area contributed by atoms with Gasteiger partial charge >= 0.3 is 0 Å². The Labute approximate surface area is 112 Å². The number of pyridine rings is 1. The highest BCUT2D eigenvalue weighted by atomic mass is 35.5. The van der Waals surface area contributed by atoms with Crippen LogP contribution in [0, 0.1) is 5.92 Å². The third kappa shape index (κ3) is 4.89. The second-order valence-corrected chi connectivity index (χ2v) is 6.46. The summed E-state index contributed by atoms with van der Waals surface area (Å²) in [5.41, 5.74) is 0.566. The van der Waals surface area contributed by atoms with Gasteiger partial charge in [0.05, 0.1) is 5.75 Å². The molecule has 0 aliphatic rings. The van der Waals surface area contributed by atoms with Gasteiger partial charge in [0.1, 0.15) is 5.15 Å². The van der Waals surface area contributed by atoms with Crippen LogP contribution in [0.4, 0.5) is 0 Å². The lowest BCUT2D eigenvalue weighted by Gasteiger charge is -2.19. The van der Waals surface area contributed by atoms with Crippen molar-refractivity contribution in [2.45, 2.75) is 25.6 Å². The van der Waals surface area contributed by atoms with E-state index in [1.807, 2.05) is 0 Å². The Hall–Kier alpha value is -0.690. The van der Waals surface area contributed by atoms with Gasteiger partial charge in [-0.05, 0) is 24.5 Å². The maximum atomic E-state index is 11.9. The highest BCUT2D eigenvalue weighted by Gasteiger charge is 2.19. The molecule has 2 atom stereocenters. The van der Waals surface area contributed by atoms with Crippen molar-refractivity contribution < 1.29 is 13.5 Å². The van der Waals surface area contributed by atoms with Crippen molar-refractivity contribution in [1.82, 2.24) is 9.71 Å². The van der Waals surface area contributed by atoms with E-state index >= 15 is 0 Å². The number of nitrogens with zero attached hydrogens (tertiary/aromatic N) is 1.